The summed E-state index contributed by atoms with van der Waals surface area (Å²) >= 11 is 0. The predicted molar refractivity (Wildman–Crippen MR) is 84.8 cm³/mol. The lowest BCUT2D eigenvalue weighted by Gasteiger charge is -2.33. The maximum atomic E-state index is 11.9. The summed E-state index contributed by atoms with van der Waals surface area (Å²) in [5.74, 6) is 0.109. The largest absolute Gasteiger partial charge is 0.444 e. The van der Waals surface area contributed by atoms with E-state index in [0.29, 0.717) is 12.3 Å². The van der Waals surface area contributed by atoms with Gasteiger partial charge in [0.15, 0.2) is 0 Å². The topological polar surface area (TPSA) is 96.5 Å². The molecule has 2 aliphatic rings. The first-order chi connectivity index (χ1) is 10.6. The molecule has 2 rings (SSSR count). The molecule has 7 nitrogen and oxygen atoms in total. The van der Waals surface area contributed by atoms with Crippen LogP contribution in [0.5, 0.6) is 0 Å². The number of nitrogens with one attached hydrogen (secondary N) is 3. The normalized spacial score (nSPS) is 31.3. The van der Waals surface area contributed by atoms with Crippen LogP contribution < -0.4 is 16.0 Å². The van der Waals surface area contributed by atoms with Gasteiger partial charge in [-0.2, -0.15) is 0 Å². The van der Waals surface area contributed by atoms with Crippen molar-refractivity contribution in [1.82, 2.24) is 16.0 Å². The second-order valence-electron chi connectivity index (χ2n) is 7.81. The minimum atomic E-state index is -0.812. The number of amides is 4. The van der Waals surface area contributed by atoms with E-state index in [4.69, 9.17) is 4.74 Å². The molecule has 130 valence electrons. The summed E-state index contributed by atoms with van der Waals surface area (Å²) in [5.41, 5.74) is -1.31. The van der Waals surface area contributed by atoms with Gasteiger partial charge in [-0.15, -0.1) is 0 Å². The van der Waals surface area contributed by atoms with Gasteiger partial charge in [0.25, 0.3) is 5.91 Å². The zero-order chi connectivity index (χ0) is 17.3. The Hall–Kier alpha value is -1.79. The minimum Gasteiger partial charge on any atom is -0.444 e. The van der Waals surface area contributed by atoms with Crippen molar-refractivity contribution in [2.45, 2.75) is 77.0 Å². The molecule has 0 spiro atoms. The summed E-state index contributed by atoms with van der Waals surface area (Å²) in [5, 5.41) is 7.90. The van der Waals surface area contributed by atoms with Crippen molar-refractivity contribution in [2.24, 2.45) is 5.92 Å². The summed E-state index contributed by atoms with van der Waals surface area (Å²) in [7, 11) is 0. The van der Waals surface area contributed by atoms with Crippen LogP contribution in [-0.2, 0) is 9.53 Å². The second-order valence-corrected chi connectivity index (χ2v) is 7.81. The van der Waals surface area contributed by atoms with Gasteiger partial charge in [-0.3, -0.25) is 10.1 Å². The number of alkyl carbamates (subject to hydrolysis) is 1. The van der Waals surface area contributed by atoms with Crippen LogP contribution in [0.3, 0.4) is 0 Å². The zero-order valence-corrected chi connectivity index (χ0v) is 14.3. The maximum Gasteiger partial charge on any atom is 0.407 e. The molecule has 1 aliphatic carbocycles. The number of imide groups is 1. The van der Waals surface area contributed by atoms with Gasteiger partial charge in [-0.1, -0.05) is 0 Å². The number of urea groups is 1. The Labute approximate surface area is 136 Å². The summed E-state index contributed by atoms with van der Waals surface area (Å²) in [4.78, 5) is 34.9. The monoisotopic (exact) mass is 325 g/mol. The van der Waals surface area contributed by atoms with Crippen molar-refractivity contribution < 1.29 is 19.1 Å². The lowest BCUT2D eigenvalue weighted by molar-refractivity contribution is -0.124. The van der Waals surface area contributed by atoms with Crippen LogP contribution in [0.25, 0.3) is 0 Å². The molecule has 2 fully saturated rings. The van der Waals surface area contributed by atoms with Gasteiger partial charge in [-0.05, 0) is 65.7 Å². The highest BCUT2D eigenvalue weighted by Gasteiger charge is 2.43. The van der Waals surface area contributed by atoms with Crippen LogP contribution in [0.1, 0.15) is 59.8 Å². The number of ether oxygens (including phenoxy) is 1. The Morgan fingerprint density at radius 3 is 2.35 bits per heavy atom. The molecule has 0 aromatic carbocycles. The van der Waals surface area contributed by atoms with Crippen molar-refractivity contribution in [2.75, 3.05) is 0 Å². The van der Waals surface area contributed by atoms with Crippen molar-refractivity contribution in [3.63, 3.8) is 0 Å². The van der Waals surface area contributed by atoms with E-state index in [9.17, 15) is 14.4 Å². The van der Waals surface area contributed by atoms with Crippen molar-refractivity contribution in [3.8, 4) is 0 Å². The maximum absolute atomic E-state index is 11.9. The van der Waals surface area contributed by atoms with Crippen molar-refractivity contribution in [3.05, 3.63) is 0 Å². The Balaban J connectivity index is 1.77. The lowest BCUT2D eigenvalue weighted by Crippen LogP contribution is -2.46. The van der Waals surface area contributed by atoms with Gasteiger partial charge in [0.1, 0.15) is 11.1 Å². The van der Waals surface area contributed by atoms with E-state index in [1.54, 1.807) is 6.92 Å². The van der Waals surface area contributed by atoms with E-state index < -0.39 is 17.2 Å². The average Bonchev–Trinajstić information content (AvgIpc) is 2.62. The first-order valence-corrected chi connectivity index (χ1v) is 8.20. The summed E-state index contributed by atoms with van der Waals surface area (Å²) < 4.78 is 5.27. The van der Waals surface area contributed by atoms with Crippen LogP contribution >= 0.6 is 0 Å². The molecular formula is C16H27N3O4. The Kier molecular flexibility index (Phi) is 4.87. The fraction of sp³-hybridized carbons (Fsp3) is 0.812. The van der Waals surface area contributed by atoms with Crippen LogP contribution in [0.4, 0.5) is 9.59 Å². The molecule has 1 aliphatic heterocycles. The fourth-order valence-corrected chi connectivity index (χ4v) is 3.29. The molecule has 1 heterocycles. The Morgan fingerprint density at radius 1 is 1.26 bits per heavy atom. The highest BCUT2D eigenvalue weighted by Crippen LogP contribution is 2.32. The molecule has 0 bridgehead atoms. The molecule has 1 saturated heterocycles. The molecule has 3 N–H and O–H groups in total. The van der Waals surface area contributed by atoms with Gasteiger partial charge < -0.3 is 15.4 Å². The number of carbonyl (C=O) groups excluding carboxylic acids is 3. The average molecular weight is 325 g/mol. The minimum absolute atomic E-state index is 0.112. The van der Waals surface area contributed by atoms with Crippen molar-refractivity contribution in [1.29, 1.82) is 0 Å². The van der Waals surface area contributed by atoms with Gasteiger partial charge in [-0.25, -0.2) is 9.59 Å². The third-order valence-electron chi connectivity index (χ3n) is 4.38. The zero-order valence-electron chi connectivity index (χ0n) is 14.3. The van der Waals surface area contributed by atoms with E-state index in [2.05, 4.69) is 16.0 Å². The lowest BCUT2D eigenvalue weighted by atomic mass is 9.78. The standard InChI is InChI=1S/C16H27N3O4/c1-15(2,3)23-14(22)17-11-7-5-10(6-8-11)9-16(4)12(20)18-13(21)19-16/h10-11H,5-9H2,1-4H3,(H,17,22)(H2,18,19,20,21)/t10?,11?,16-/m0/s1. The van der Waals surface area contributed by atoms with Gasteiger partial charge in [0, 0.05) is 6.04 Å². The molecule has 0 aromatic heterocycles. The van der Waals surface area contributed by atoms with Crippen LogP contribution in [0, 0.1) is 5.92 Å². The van der Waals surface area contributed by atoms with Gasteiger partial charge in [0.05, 0.1) is 0 Å². The van der Waals surface area contributed by atoms with E-state index in [0.717, 1.165) is 25.7 Å². The molecule has 7 heteroatoms. The Morgan fingerprint density at radius 2 is 1.87 bits per heavy atom. The molecule has 0 unspecified atom stereocenters. The number of hydrogen-bond acceptors (Lipinski definition) is 4. The summed E-state index contributed by atoms with van der Waals surface area (Å²) in [6.45, 7) is 7.28. The SMILES string of the molecule is CC(C)(C)OC(=O)NC1CCC(C[C@]2(C)NC(=O)NC2=O)CC1. The molecule has 1 atom stereocenters. The van der Waals surface area contributed by atoms with E-state index in [-0.39, 0.29) is 18.0 Å². The first-order valence-electron chi connectivity index (χ1n) is 8.20. The highest BCUT2D eigenvalue weighted by molar-refractivity contribution is 6.06. The van der Waals surface area contributed by atoms with Crippen LogP contribution in [-0.4, -0.2) is 35.2 Å². The van der Waals surface area contributed by atoms with Gasteiger partial charge in [0.2, 0.25) is 0 Å². The van der Waals surface area contributed by atoms with Crippen LogP contribution in [0.2, 0.25) is 0 Å². The molecule has 0 radical (unpaired) electrons. The Bertz CT molecular complexity index is 492. The number of rotatable bonds is 3. The number of carbonyl (C=O) groups is 3. The van der Waals surface area contributed by atoms with E-state index >= 15 is 0 Å². The highest BCUT2D eigenvalue weighted by atomic mass is 16.6. The van der Waals surface area contributed by atoms with Crippen LogP contribution in [0.15, 0.2) is 0 Å². The quantitative estimate of drug-likeness (QED) is 0.692. The van der Waals surface area contributed by atoms with E-state index in [1.165, 1.54) is 0 Å². The fourth-order valence-electron chi connectivity index (χ4n) is 3.29. The molecule has 1 saturated carbocycles. The first kappa shape index (κ1) is 17.6. The molecular weight excluding hydrogens is 298 g/mol. The third-order valence-corrected chi connectivity index (χ3v) is 4.38. The summed E-state index contributed by atoms with van der Waals surface area (Å²) in [6.07, 6.45) is 3.79. The molecule has 23 heavy (non-hydrogen) atoms. The smallest absolute Gasteiger partial charge is 0.407 e. The van der Waals surface area contributed by atoms with E-state index in [1.807, 2.05) is 20.8 Å². The summed E-state index contributed by atoms with van der Waals surface area (Å²) in [6, 6.07) is -0.307. The number of hydrogen-bond donors (Lipinski definition) is 3. The third kappa shape index (κ3) is 4.84. The molecule has 0 aromatic rings. The molecule has 4 amide bonds. The second kappa shape index (κ2) is 6.37. The van der Waals surface area contributed by atoms with Gasteiger partial charge >= 0.3 is 12.1 Å². The predicted octanol–water partition coefficient (Wildman–Crippen LogP) is 2.06. The van der Waals surface area contributed by atoms with Crippen molar-refractivity contribution >= 4 is 18.0 Å².